The number of alkyl halides is 6. The summed E-state index contributed by atoms with van der Waals surface area (Å²) in [5, 5.41) is 5.51. The third-order valence-corrected chi connectivity index (χ3v) is 15.5. The third kappa shape index (κ3) is 15.8. The summed E-state index contributed by atoms with van der Waals surface area (Å²) in [4.78, 5) is 83.7. The molecule has 4 amide bonds. The molecular formula is C54H66BBrF6N12O8S4. The van der Waals surface area contributed by atoms with E-state index >= 15 is 0 Å². The summed E-state index contributed by atoms with van der Waals surface area (Å²) in [5.41, 5.74) is 1.77. The Labute approximate surface area is 528 Å². The van der Waals surface area contributed by atoms with E-state index in [9.17, 15) is 45.5 Å². The first kappa shape index (κ1) is 70.7. The van der Waals surface area contributed by atoms with Crippen molar-refractivity contribution in [3.63, 3.8) is 0 Å². The second kappa shape index (κ2) is 28.0. The molecule has 20 nitrogen and oxygen atoms in total. The van der Waals surface area contributed by atoms with Crippen LogP contribution in [0.1, 0.15) is 100.0 Å². The quantitative estimate of drug-likeness (QED) is 0.0738. The molecule has 3 fully saturated rings. The fraction of sp³-hybridized carbons (Fsp3) is 0.444. The fourth-order valence-corrected chi connectivity index (χ4v) is 9.99. The van der Waals surface area contributed by atoms with E-state index in [2.05, 4.69) is 66.3 Å². The second-order valence-electron chi connectivity index (χ2n) is 21.5. The molecule has 11 heterocycles. The maximum Gasteiger partial charge on any atom is 0.534 e. The minimum atomic E-state index is -4.48. The van der Waals surface area contributed by atoms with Crippen molar-refractivity contribution in [1.82, 2.24) is 29.9 Å². The van der Waals surface area contributed by atoms with Gasteiger partial charge in [0.15, 0.2) is 46.4 Å². The lowest BCUT2D eigenvalue weighted by Gasteiger charge is -2.35. The zero-order valence-electron chi connectivity index (χ0n) is 47.9. The van der Waals surface area contributed by atoms with E-state index in [4.69, 9.17) is 18.1 Å². The van der Waals surface area contributed by atoms with Gasteiger partial charge in [-0.2, -0.15) is 80.3 Å². The number of halogens is 7. The molecule has 0 radical (unpaired) electrons. The highest BCUT2D eigenvalue weighted by molar-refractivity contribution is 9.10. The number of nitrogens with zero attached hydrogens (tertiary/aromatic N) is 10. The smallest absolute Gasteiger partial charge is 0.450 e. The number of oxazole rings is 2. The number of pyridine rings is 4. The van der Waals surface area contributed by atoms with Gasteiger partial charge in [-0.25, -0.2) is 39.5 Å². The van der Waals surface area contributed by atoms with Crippen molar-refractivity contribution in [2.75, 3.05) is 56.4 Å². The molecule has 4 atom stereocenters. The van der Waals surface area contributed by atoms with E-state index in [1.165, 1.54) is 34.3 Å². The topological polar surface area (TPSA) is 227 Å². The number of hydrogen-bond acceptors (Lipinski definition) is 16. The van der Waals surface area contributed by atoms with E-state index in [-0.39, 0.29) is 106 Å². The Balaban J connectivity index is 0.000000247. The standard InChI is InChI=1S/C24H23F3N6O3.C20H19BrF3N5O2.C10H16BNO3.4H2S/c1-13(24(25,26)27)9-19(34)17-3-4-18-22(30-17)33(16-6-8-32(18)12-16)23(35)31-21-10-15(5-7-28-21)20-11-29-14(2)36-20;1-11(20(22,23)24)8-16(30)14-2-3-15-18(26-14)29(13-5-7-28(15)10-13)19(31)27-17-9-12(21)4-6-25-17;1-7-12-6-8(13-7)11-14-9(2,3)10(4,5)15-11;;;;/h3-5,7,10-11,13,16H,6,8-9,12H2,1-2H3,(H,28,31,35);2-4,6,9,11,13H,5,7-8,10H2,1H3,(H,25,27,31);6H,1-5H3;4*1H2/t13-,16+;11-,13+;;;;;/m11...../s1. The lowest BCUT2D eigenvalue weighted by molar-refractivity contribution is -0.169. The molecule has 2 N–H and O–H groups in total. The Morgan fingerprint density at radius 3 is 1.51 bits per heavy atom. The van der Waals surface area contributed by atoms with Gasteiger partial charge in [-0.1, -0.05) is 29.8 Å². The summed E-state index contributed by atoms with van der Waals surface area (Å²) in [6.45, 7) is 16.1. The van der Waals surface area contributed by atoms with Gasteiger partial charge in [0.1, 0.15) is 23.0 Å². The predicted octanol–water partition coefficient (Wildman–Crippen LogP) is 11.2. The van der Waals surface area contributed by atoms with Gasteiger partial charge in [0, 0.05) is 75.3 Å². The molecule has 32 heteroatoms. The van der Waals surface area contributed by atoms with Gasteiger partial charge in [0.2, 0.25) is 0 Å². The molecule has 6 aromatic rings. The van der Waals surface area contributed by atoms with Gasteiger partial charge in [-0.05, 0) is 89.1 Å². The summed E-state index contributed by atoms with van der Waals surface area (Å²) in [7, 11) is -0.448. The van der Waals surface area contributed by atoms with Crippen molar-refractivity contribution in [2.45, 2.75) is 117 Å². The Morgan fingerprint density at radius 2 is 1.09 bits per heavy atom. The summed E-state index contributed by atoms with van der Waals surface area (Å²) in [6.07, 6.45) is -2.66. The first-order valence-electron chi connectivity index (χ1n) is 26.3. The molecule has 466 valence electrons. The van der Waals surface area contributed by atoms with E-state index < -0.39 is 67.8 Å². The molecule has 0 spiro atoms. The normalized spacial score (nSPS) is 18.2. The molecule has 0 aliphatic carbocycles. The molecular weight excluding hydrogens is 1280 g/mol. The number of urea groups is 2. The number of fused-ring (bicyclic) bond motifs is 8. The van der Waals surface area contributed by atoms with Crippen LogP contribution in [0.2, 0.25) is 0 Å². The molecule has 0 aromatic carbocycles. The number of anilines is 6. The van der Waals surface area contributed by atoms with Crippen LogP contribution in [0.3, 0.4) is 0 Å². The summed E-state index contributed by atoms with van der Waals surface area (Å²) in [5.74, 6) is -2.23. The van der Waals surface area contributed by atoms with Gasteiger partial charge in [-0.15, -0.1) is 0 Å². The highest BCUT2D eigenvalue weighted by atomic mass is 79.9. The van der Waals surface area contributed by atoms with Crippen molar-refractivity contribution in [1.29, 1.82) is 0 Å². The van der Waals surface area contributed by atoms with E-state index in [0.29, 0.717) is 78.4 Å². The number of ketones is 2. The fourth-order valence-electron chi connectivity index (χ4n) is 9.66. The number of hydrogen-bond donors (Lipinski definition) is 2. The van der Waals surface area contributed by atoms with E-state index in [0.717, 1.165) is 24.9 Å². The van der Waals surface area contributed by atoms with Crippen LogP contribution < -0.4 is 35.9 Å². The van der Waals surface area contributed by atoms with Gasteiger partial charge >= 0.3 is 31.5 Å². The molecule has 11 rings (SSSR count). The van der Waals surface area contributed by atoms with E-state index in [1.807, 2.05) is 27.7 Å². The zero-order valence-corrected chi connectivity index (χ0v) is 53.4. The molecule has 5 aliphatic rings. The Kier molecular flexibility index (Phi) is 23.0. The minimum Gasteiger partial charge on any atom is -0.450 e. The molecule has 0 saturated carbocycles. The van der Waals surface area contributed by atoms with Crippen molar-refractivity contribution in [2.24, 2.45) is 11.8 Å². The van der Waals surface area contributed by atoms with E-state index in [1.54, 1.807) is 62.6 Å². The van der Waals surface area contributed by atoms with Crippen LogP contribution in [-0.4, -0.2) is 122 Å². The first-order valence-corrected chi connectivity index (χ1v) is 27.0. The zero-order chi connectivity index (χ0) is 59.2. The number of amides is 4. The average Bonchev–Trinajstić information content (AvgIpc) is 1.95. The highest BCUT2D eigenvalue weighted by Gasteiger charge is 2.53. The van der Waals surface area contributed by atoms with Crippen molar-refractivity contribution < 1.29 is 63.7 Å². The molecule has 4 bridgehead atoms. The van der Waals surface area contributed by atoms with Crippen LogP contribution in [0.4, 0.5) is 70.6 Å². The lowest BCUT2D eigenvalue weighted by atomic mass is 9.87. The number of carbonyl (C=O) groups excluding carboxylic acids is 4. The number of rotatable bonds is 10. The summed E-state index contributed by atoms with van der Waals surface area (Å²) < 4.78 is 101. The Hall–Kier alpha value is -6.06. The van der Waals surface area contributed by atoms with Crippen LogP contribution in [0.5, 0.6) is 0 Å². The van der Waals surface area contributed by atoms with Gasteiger partial charge in [0.25, 0.3) is 0 Å². The Bertz CT molecular complexity index is 3390. The largest absolute Gasteiger partial charge is 0.534 e. The summed E-state index contributed by atoms with van der Waals surface area (Å²) >= 11 is 3.32. The van der Waals surface area contributed by atoms with Crippen molar-refractivity contribution >= 4 is 141 Å². The molecule has 3 saturated heterocycles. The molecule has 86 heavy (non-hydrogen) atoms. The maximum absolute atomic E-state index is 13.4. The third-order valence-electron chi connectivity index (χ3n) is 15.0. The number of Topliss-reactive ketones (excluding diaryl/α,β-unsaturated/α-hetero) is 2. The first-order chi connectivity index (χ1) is 38.5. The Morgan fingerprint density at radius 1 is 0.651 bits per heavy atom. The summed E-state index contributed by atoms with van der Waals surface area (Å²) in [6, 6.07) is 11.6. The second-order valence-corrected chi connectivity index (χ2v) is 22.4. The van der Waals surface area contributed by atoms with Crippen LogP contribution in [0, 0.1) is 25.7 Å². The minimum absolute atomic E-state index is 0. The number of aromatic nitrogens is 6. The number of carbonyl (C=O) groups is 4. The van der Waals surface area contributed by atoms with Crippen LogP contribution in [0.25, 0.3) is 11.3 Å². The molecule has 6 aromatic heterocycles. The number of aryl methyl sites for hydroxylation is 2. The number of nitrogens with one attached hydrogen (secondary N) is 2. The molecule has 0 unspecified atom stereocenters. The van der Waals surface area contributed by atoms with Crippen molar-refractivity contribution in [3.8, 4) is 11.3 Å². The SMILES string of the molecule is C[C@H](CC(=O)c1ccc2c(n1)N(C(=O)Nc1cc(Br)ccn1)[C@H]1CCN2C1)C(F)(F)F.Cc1ncc(-c2ccnc(NC(=O)N3c4nc(C(=O)C[C@@H](C)C(F)(F)F)ccc4N4CC[C@H]3C4)c2)o1.Cc1ncc(B2OC(C)(C)C(C)(C)O2)o1.S.S.S.S. The average molecular weight is 1340 g/mol. The van der Waals surface area contributed by atoms with Crippen LogP contribution >= 0.6 is 69.9 Å². The lowest BCUT2D eigenvalue weighted by Crippen LogP contribution is -2.48. The maximum atomic E-state index is 13.4. The van der Waals surface area contributed by atoms with Crippen molar-refractivity contribution in [3.05, 3.63) is 101 Å². The molecule has 5 aliphatic heterocycles. The van der Waals surface area contributed by atoms with Crippen LogP contribution in [0.15, 0.2) is 86.6 Å². The van der Waals surface area contributed by atoms with Gasteiger partial charge in [0.05, 0.1) is 58.9 Å². The van der Waals surface area contributed by atoms with Crippen LogP contribution in [-0.2, 0) is 9.31 Å². The predicted molar refractivity (Wildman–Crippen MR) is 336 cm³/mol. The monoisotopic (exact) mass is 1340 g/mol. The van der Waals surface area contributed by atoms with Gasteiger partial charge in [-0.3, -0.25) is 30.0 Å². The van der Waals surface area contributed by atoms with Gasteiger partial charge < -0.3 is 27.9 Å². The highest BCUT2D eigenvalue weighted by Crippen LogP contribution is 2.42.